The topological polar surface area (TPSA) is 44.3 Å². The molecule has 1 aliphatic rings. The standard InChI is InChI=1S/C14H22N2O.ClH/c1-2-13(10-17)16-9-11-5-6-14-12(8-11)4-3-7-15-14;/h5-6,8,13,15-17H,2-4,7,9-10H2,1H3;1H. The van der Waals surface area contributed by atoms with E-state index in [9.17, 15) is 0 Å². The first kappa shape index (κ1) is 15.3. The molecule has 4 heteroatoms. The molecule has 18 heavy (non-hydrogen) atoms. The van der Waals surface area contributed by atoms with Crippen LogP contribution < -0.4 is 10.6 Å². The van der Waals surface area contributed by atoms with E-state index in [0.717, 1.165) is 19.5 Å². The molecule has 0 amide bonds. The largest absolute Gasteiger partial charge is 0.395 e. The third-order valence-electron chi connectivity index (χ3n) is 3.42. The average molecular weight is 271 g/mol. The maximum atomic E-state index is 9.12. The van der Waals surface area contributed by atoms with Gasteiger partial charge in [0.15, 0.2) is 0 Å². The quantitative estimate of drug-likeness (QED) is 0.769. The lowest BCUT2D eigenvalue weighted by Crippen LogP contribution is -2.31. The third-order valence-corrected chi connectivity index (χ3v) is 3.42. The zero-order valence-electron chi connectivity index (χ0n) is 10.9. The van der Waals surface area contributed by atoms with Gasteiger partial charge in [-0.25, -0.2) is 0 Å². The Balaban J connectivity index is 0.00000162. The Kier molecular flexibility index (Phi) is 6.47. The van der Waals surface area contributed by atoms with E-state index in [1.807, 2.05) is 0 Å². The van der Waals surface area contributed by atoms with E-state index in [4.69, 9.17) is 5.11 Å². The van der Waals surface area contributed by atoms with Crippen molar-refractivity contribution in [3.05, 3.63) is 29.3 Å². The molecule has 1 aliphatic heterocycles. The molecule has 0 spiro atoms. The summed E-state index contributed by atoms with van der Waals surface area (Å²) < 4.78 is 0. The Morgan fingerprint density at radius 1 is 1.44 bits per heavy atom. The van der Waals surface area contributed by atoms with Crippen LogP contribution in [0.4, 0.5) is 5.69 Å². The molecular weight excluding hydrogens is 248 g/mol. The van der Waals surface area contributed by atoms with Crippen LogP contribution in [0.1, 0.15) is 30.9 Å². The van der Waals surface area contributed by atoms with Gasteiger partial charge in [0, 0.05) is 24.8 Å². The maximum absolute atomic E-state index is 9.12. The summed E-state index contributed by atoms with van der Waals surface area (Å²) in [7, 11) is 0. The highest BCUT2D eigenvalue weighted by atomic mass is 35.5. The van der Waals surface area contributed by atoms with Gasteiger partial charge in [0.25, 0.3) is 0 Å². The summed E-state index contributed by atoms with van der Waals surface area (Å²) >= 11 is 0. The summed E-state index contributed by atoms with van der Waals surface area (Å²) in [6.07, 6.45) is 3.36. The molecular formula is C14H23ClN2O. The molecule has 0 bridgehead atoms. The summed E-state index contributed by atoms with van der Waals surface area (Å²) in [5, 5.41) is 15.9. The number of aryl methyl sites for hydroxylation is 1. The highest BCUT2D eigenvalue weighted by Gasteiger charge is 2.09. The molecule has 102 valence electrons. The van der Waals surface area contributed by atoms with Gasteiger partial charge in [0.1, 0.15) is 0 Å². The van der Waals surface area contributed by atoms with Crippen LogP contribution in [-0.2, 0) is 13.0 Å². The van der Waals surface area contributed by atoms with Gasteiger partial charge in [-0.05, 0) is 36.5 Å². The number of anilines is 1. The summed E-state index contributed by atoms with van der Waals surface area (Å²) in [6, 6.07) is 6.82. The highest BCUT2D eigenvalue weighted by molar-refractivity contribution is 5.85. The molecule has 1 aromatic carbocycles. The summed E-state index contributed by atoms with van der Waals surface area (Å²) in [6.45, 7) is 4.23. The molecule has 0 aromatic heterocycles. The fourth-order valence-electron chi connectivity index (χ4n) is 2.24. The van der Waals surface area contributed by atoms with E-state index in [1.54, 1.807) is 0 Å². The zero-order valence-corrected chi connectivity index (χ0v) is 11.7. The molecule has 0 aliphatic carbocycles. The predicted octanol–water partition coefficient (Wildman–Crippen LogP) is 2.33. The van der Waals surface area contributed by atoms with E-state index >= 15 is 0 Å². The molecule has 1 unspecified atom stereocenters. The minimum Gasteiger partial charge on any atom is -0.395 e. The van der Waals surface area contributed by atoms with Crippen molar-refractivity contribution in [3.8, 4) is 0 Å². The van der Waals surface area contributed by atoms with Crippen molar-refractivity contribution in [1.82, 2.24) is 5.32 Å². The Bertz CT molecular complexity index is 367. The fraction of sp³-hybridized carbons (Fsp3) is 0.571. The Morgan fingerprint density at radius 3 is 3.00 bits per heavy atom. The van der Waals surface area contributed by atoms with E-state index in [2.05, 4.69) is 35.8 Å². The highest BCUT2D eigenvalue weighted by Crippen LogP contribution is 2.22. The van der Waals surface area contributed by atoms with E-state index in [1.165, 1.54) is 29.7 Å². The van der Waals surface area contributed by atoms with Crippen LogP contribution in [0.25, 0.3) is 0 Å². The first-order valence-electron chi connectivity index (χ1n) is 6.53. The van der Waals surface area contributed by atoms with E-state index < -0.39 is 0 Å². The molecule has 0 saturated carbocycles. The fourth-order valence-corrected chi connectivity index (χ4v) is 2.24. The van der Waals surface area contributed by atoms with Crippen LogP contribution in [0.5, 0.6) is 0 Å². The van der Waals surface area contributed by atoms with Crippen LogP contribution in [0.3, 0.4) is 0 Å². The smallest absolute Gasteiger partial charge is 0.0584 e. The minimum atomic E-state index is 0. The summed E-state index contributed by atoms with van der Waals surface area (Å²) in [5.41, 5.74) is 4.01. The van der Waals surface area contributed by atoms with Crippen molar-refractivity contribution in [1.29, 1.82) is 0 Å². The van der Waals surface area contributed by atoms with Gasteiger partial charge in [-0.3, -0.25) is 0 Å². The second-order valence-electron chi connectivity index (χ2n) is 4.69. The number of halogens is 1. The molecule has 0 saturated heterocycles. The Labute approximate surface area is 115 Å². The van der Waals surface area contributed by atoms with Gasteiger partial charge in [-0.15, -0.1) is 12.4 Å². The zero-order chi connectivity index (χ0) is 12.1. The lowest BCUT2D eigenvalue weighted by atomic mass is 10.0. The number of hydrogen-bond donors (Lipinski definition) is 3. The van der Waals surface area contributed by atoms with E-state index in [0.29, 0.717) is 0 Å². The van der Waals surface area contributed by atoms with Crippen molar-refractivity contribution in [2.24, 2.45) is 0 Å². The SMILES string of the molecule is CCC(CO)NCc1ccc2c(c1)CCCN2.Cl. The molecule has 1 heterocycles. The summed E-state index contributed by atoms with van der Waals surface area (Å²) in [5.74, 6) is 0. The van der Waals surface area contributed by atoms with Crippen molar-refractivity contribution < 1.29 is 5.11 Å². The molecule has 0 radical (unpaired) electrons. The van der Waals surface area contributed by atoms with Gasteiger partial charge in [0.05, 0.1) is 6.61 Å². The molecule has 1 atom stereocenters. The van der Waals surface area contributed by atoms with Crippen molar-refractivity contribution in [2.75, 3.05) is 18.5 Å². The number of aliphatic hydroxyl groups excluding tert-OH is 1. The van der Waals surface area contributed by atoms with Crippen LogP contribution in [0.15, 0.2) is 18.2 Å². The lowest BCUT2D eigenvalue weighted by Gasteiger charge is -2.19. The average Bonchev–Trinajstić information content (AvgIpc) is 2.40. The van der Waals surface area contributed by atoms with Gasteiger partial charge in [0.2, 0.25) is 0 Å². The van der Waals surface area contributed by atoms with Crippen molar-refractivity contribution in [3.63, 3.8) is 0 Å². The molecule has 3 N–H and O–H groups in total. The minimum absolute atomic E-state index is 0. The van der Waals surface area contributed by atoms with Gasteiger partial charge >= 0.3 is 0 Å². The predicted molar refractivity (Wildman–Crippen MR) is 78.5 cm³/mol. The molecule has 2 rings (SSSR count). The molecule has 0 fully saturated rings. The second kappa shape index (κ2) is 7.62. The molecule has 1 aromatic rings. The normalized spacial score (nSPS) is 15.2. The number of fused-ring (bicyclic) bond motifs is 1. The van der Waals surface area contributed by atoms with Crippen molar-refractivity contribution in [2.45, 2.75) is 38.8 Å². The summed E-state index contributed by atoms with van der Waals surface area (Å²) in [4.78, 5) is 0. The molecule has 3 nitrogen and oxygen atoms in total. The number of nitrogens with one attached hydrogen (secondary N) is 2. The number of aliphatic hydroxyl groups is 1. The number of rotatable bonds is 5. The van der Waals surface area contributed by atoms with Crippen LogP contribution in [0.2, 0.25) is 0 Å². The van der Waals surface area contributed by atoms with Gasteiger partial charge in [-0.2, -0.15) is 0 Å². The van der Waals surface area contributed by atoms with E-state index in [-0.39, 0.29) is 25.1 Å². The van der Waals surface area contributed by atoms with Crippen LogP contribution in [-0.4, -0.2) is 24.3 Å². The van der Waals surface area contributed by atoms with Crippen LogP contribution in [0, 0.1) is 0 Å². The second-order valence-corrected chi connectivity index (χ2v) is 4.69. The Hall–Kier alpha value is -0.770. The number of hydrogen-bond acceptors (Lipinski definition) is 3. The third kappa shape index (κ3) is 3.87. The van der Waals surface area contributed by atoms with Crippen molar-refractivity contribution >= 4 is 18.1 Å². The first-order valence-corrected chi connectivity index (χ1v) is 6.53. The van der Waals surface area contributed by atoms with Gasteiger partial charge in [-0.1, -0.05) is 19.1 Å². The van der Waals surface area contributed by atoms with Crippen LogP contribution >= 0.6 is 12.4 Å². The van der Waals surface area contributed by atoms with Gasteiger partial charge < -0.3 is 15.7 Å². The monoisotopic (exact) mass is 270 g/mol. The maximum Gasteiger partial charge on any atom is 0.0584 e. The first-order chi connectivity index (χ1) is 8.33. The lowest BCUT2D eigenvalue weighted by molar-refractivity contribution is 0.238. The number of benzene rings is 1. The Morgan fingerprint density at radius 2 is 2.28 bits per heavy atom.